The van der Waals surface area contributed by atoms with Crippen LogP contribution in [0.5, 0.6) is 0 Å². The molecular weight excluding hydrogens is 355 g/mol. The van der Waals surface area contributed by atoms with E-state index < -0.39 is 15.7 Å². The third-order valence-corrected chi connectivity index (χ3v) is 4.25. The lowest BCUT2D eigenvalue weighted by molar-refractivity contribution is 0.428. The van der Waals surface area contributed by atoms with Crippen LogP contribution < -0.4 is 16.0 Å². The molecule has 0 saturated heterocycles. The Morgan fingerprint density at radius 3 is 2.42 bits per heavy atom. The van der Waals surface area contributed by atoms with Gasteiger partial charge in [-0.05, 0) is 51.0 Å². The summed E-state index contributed by atoms with van der Waals surface area (Å²) < 4.78 is 36.7. The summed E-state index contributed by atoms with van der Waals surface area (Å²) in [5.74, 6) is 0.0787. The zero-order valence-electron chi connectivity index (χ0n) is 16.3. The highest BCUT2D eigenvalue weighted by Gasteiger charge is 2.11. The fourth-order valence-corrected chi connectivity index (χ4v) is 3.14. The third-order valence-electron chi connectivity index (χ3n) is 3.41. The maximum atomic E-state index is 13.6. The molecule has 0 aliphatic rings. The van der Waals surface area contributed by atoms with E-state index in [1.54, 1.807) is 0 Å². The monoisotopic (exact) mass is 386 g/mol. The number of sulfone groups is 1. The highest BCUT2D eigenvalue weighted by molar-refractivity contribution is 7.89. The number of rotatable bonds is 8. The lowest BCUT2D eigenvalue weighted by Gasteiger charge is -2.21. The molecule has 8 heteroatoms. The summed E-state index contributed by atoms with van der Waals surface area (Å²) in [6.07, 6.45) is 1.16. The molecule has 1 rings (SSSR count). The van der Waals surface area contributed by atoms with Gasteiger partial charge < -0.3 is 16.0 Å². The lowest BCUT2D eigenvalue weighted by atomic mass is 10.1. The Morgan fingerprint density at radius 1 is 1.15 bits per heavy atom. The van der Waals surface area contributed by atoms with Crippen LogP contribution in [0.1, 0.15) is 38.8 Å². The van der Waals surface area contributed by atoms with Gasteiger partial charge in [-0.25, -0.2) is 17.8 Å². The van der Waals surface area contributed by atoms with Crippen LogP contribution in [0.4, 0.5) is 4.39 Å². The van der Waals surface area contributed by atoms with Gasteiger partial charge in [0, 0.05) is 31.4 Å². The first kappa shape index (κ1) is 22.4. The molecule has 148 valence electrons. The van der Waals surface area contributed by atoms with Crippen molar-refractivity contribution in [3.63, 3.8) is 0 Å². The van der Waals surface area contributed by atoms with Crippen molar-refractivity contribution in [2.75, 3.05) is 25.9 Å². The number of nitrogens with zero attached hydrogens (tertiary/aromatic N) is 1. The number of guanidine groups is 1. The lowest BCUT2D eigenvalue weighted by Crippen LogP contribution is -2.44. The Hall–Kier alpha value is -1.67. The maximum Gasteiger partial charge on any atom is 0.191 e. The molecule has 0 spiro atoms. The maximum absolute atomic E-state index is 13.6. The minimum Gasteiger partial charge on any atom is -0.357 e. The van der Waals surface area contributed by atoms with Crippen LogP contribution >= 0.6 is 0 Å². The molecule has 1 aromatic carbocycles. The fourth-order valence-electron chi connectivity index (χ4n) is 2.29. The zero-order chi connectivity index (χ0) is 19.8. The van der Waals surface area contributed by atoms with Gasteiger partial charge in [0.15, 0.2) is 15.8 Å². The van der Waals surface area contributed by atoms with Crippen LogP contribution in [0.2, 0.25) is 0 Å². The highest BCUT2D eigenvalue weighted by atomic mass is 32.2. The summed E-state index contributed by atoms with van der Waals surface area (Å²) in [5.41, 5.74) is 1.18. The van der Waals surface area contributed by atoms with E-state index >= 15 is 0 Å². The first-order valence-corrected chi connectivity index (χ1v) is 10.8. The predicted octanol–water partition coefficient (Wildman–Crippen LogP) is 1.81. The number of benzene rings is 1. The summed E-state index contributed by atoms with van der Waals surface area (Å²) >= 11 is 0. The first-order valence-electron chi connectivity index (χ1n) is 8.72. The summed E-state index contributed by atoms with van der Waals surface area (Å²) in [6, 6.07) is 4.12. The molecule has 0 amide bonds. The van der Waals surface area contributed by atoms with Crippen molar-refractivity contribution >= 4 is 15.8 Å². The summed E-state index contributed by atoms with van der Waals surface area (Å²) in [4.78, 5) is 4.45. The van der Waals surface area contributed by atoms with Crippen LogP contribution in [-0.2, 0) is 22.1 Å². The molecule has 1 aromatic rings. The SMILES string of the molecule is CCNC(=NCc1cc(F)ccc1CS(C)(=O)=O)NCCNC(C)(C)C. The second kappa shape index (κ2) is 9.87. The van der Waals surface area contributed by atoms with E-state index in [1.165, 1.54) is 18.2 Å². The first-order chi connectivity index (χ1) is 12.0. The molecule has 26 heavy (non-hydrogen) atoms. The molecule has 0 aromatic heterocycles. The van der Waals surface area contributed by atoms with Gasteiger partial charge in [-0.3, -0.25) is 0 Å². The van der Waals surface area contributed by atoms with Crippen molar-refractivity contribution in [1.82, 2.24) is 16.0 Å². The molecule has 0 heterocycles. The number of halogens is 1. The van der Waals surface area contributed by atoms with E-state index in [1.807, 2.05) is 6.92 Å². The molecule has 0 fully saturated rings. The highest BCUT2D eigenvalue weighted by Crippen LogP contribution is 2.15. The fraction of sp³-hybridized carbons (Fsp3) is 0.611. The van der Waals surface area contributed by atoms with Gasteiger partial charge >= 0.3 is 0 Å². The van der Waals surface area contributed by atoms with Crippen molar-refractivity contribution in [3.8, 4) is 0 Å². The van der Waals surface area contributed by atoms with E-state index in [9.17, 15) is 12.8 Å². The number of hydrogen-bond acceptors (Lipinski definition) is 4. The average molecular weight is 387 g/mol. The molecule has 0 radical (unpaired) electrons. The van der Waals surface area contributed by atoms with Gasteiger partial charge in [-0.15, -0.1) is 0 Å². The van der Waals surface area contributed by atoms with Crippen molar-refractivity contribution in [2.45, 2.75) is 45.5 Å². The van der Waals surface area contributed by atoms with Crippen molar-refractivity contribution in [1.29, 1.82) is 0 Å². The second-order valence-electron chi connectivity index (χ2n) is 7.28. The van der Waals surface area contributed by atoms with E-state index in [0.717, 1.165) is 12.8 Å². The predicted molar refractivity (Wildman–Crippen MR) is 106 cm³/mol. The van der Waals surface area contributed by atoms with Crippen LogP contribution in [0.25, 0.3) is 0 Å². The Kier molecular flexibility index (Phi) is 8.49. The molecule has 3 N–H and O–H groups in total. The molecule has 0 aliphatic heterocycles. The molecule has 0 saturated carbocycles. The molecule has 0 unspecified atom stereocenters. The topological polar surface area (TPSA) is 82.6 Å². The molecule has 0 aliphatic carbocycles. The standard InChI is InChI=1S/C18H31FN4O2S/c1-6-20-17(21-9-10-23-18(2,3)4)22-12-15-11-16(19)8-7-14(15)13-26(5,24)25/h7-8,11,23H,6,9-10,12-13H2,1-5H3,(H2,20,21,22). The number of hydrogen-bond donors (Lipinski definition) is 3. The molecule has 0 bridgehead atoms. The largest absolute Gasteiger partial charge is 0.357 e. The van der Waals surface area contributed by atoms with Crippen molar-refractivity contribution in [3.05, 3.63) is 35.1 Å². The third kappa shape index (κ3) is 9.72. The van der Waals surface area contributed by atoms with Crippen LogP contribution in [0.15, 0.2) is 23.2 Å². The minimum absolute atomic E-state index is 0.0410. The summed E-state index contributed by atoms with van der Waals surface area (Å²) in [5, 5.41) is 9.72. The van der Waals surface area contributed by atoms with Gasteiger partial charge in [0.2, 0.25) is 0 Å². The van der Waals surface area contributed by atoms with Gasteiger partial charge in [0.05, 0.1) is 12.3 Å². The summed E-state index contributed by atoms with van der Waals surface area (Å²) in [7, 11) is -3.20. The van der Waals surface area contributed by atoms with Crippen LogP contribution in [0.3, 0.4) is 0 Å². The van der Waals surface area contributed by atoms with Crippen molar-refractivity contribution in [2.24, 2.45) is 4.99 Å². The minimum atomic E-state index is -3.20. The van der Waals surface area contributed by atoms with Crippen molar-refractivity contribution < 1.29 is 12.8 Å². The van der Waals surface area contributed by atoms with Gasteiger partial charge in [0.25, 0.3) is 0 Å². The van der Waals surface area contributed by atoms with E-state index in [-0.39, 0.29) is 17.8 Å². The van der Waals surface area contributed by atoms with E-state index in [4.69, 9.17) is 0 Å². The quantitative estimate of drug-likeness (QED) is 0.361. The number of aliphatic imine (C=N–C) groups is 1. The Labute approximate surface area is 156 Å². The second-order valence-corrected chi connectivity index (χ2v) is 9.42. The Bertz CT molecular complexity index is 712. The molecule has 0 atom stereocenters. The Balaban J connectivity index is 2.81. The number of nitrogens with one attached hydrogen (secondary N) is 3. The van der Waals surface area contributed by atoms with Gasteiger partial charge in [0.1, 0.15) is 5.82 Å². The van der Waals surface area contributed by atoms with E-state index in [0.29, 0.717) is 30.2 Å². The smallest absolute Gasteiger partial charge is 0.191 e. The van der Waals surface area contributed by atoms with Crippen LogP contribution in [0, 0.1) is 5.82 Å². The van der Waals surface area contributed by atoms with Gasteiger partial charge in [-0.1, -0.05) is 6.07 Å². The molecular formula is C18H31FN4O2S. The normalized spacial score (nSPS) is 12.9. The average Bonchev–Trinajstić information content (AvgIpc) is 2.49. The van der Waals surface area contributed by atoms with E-state index in [2.05, 4.69) is 41.7 Å². The molecule has 6 nitrogen and oxygen atoms in total. The Morgan fingerprint density at radius 2 is 1.85 bits per heavy atom. The van der Waals surface area contributed by atoms with Gasteiger partial charge in [-0.2, -0.15) is 0 Å². The summed E-state index contributed by atoms with van der Waals surface area (Å²) in [6.45, 7) is 10.6. The zero-order valence-corrected chi connectivity index (χ0v) is 17.1. The van der Waals surface area contributed by atoms with Crippen LogP contribution in [-0.4, -0.2) is 45.8 Å².